The van der Waals surface area contributed by atoms with Crippen molar-refractivity contribution in [3.05, 3.63) is 18.2 Å². The lowest BCUT2D eigenvalue weighted by Crippen LogP contribution is -2.44. The average molecular weight is 313 g/mol. The Labute approximate surface area is 126 Å². The van der Waals surface area contributed by atoms with Crippen LogP contribution in [0.5, 0.6) is 5.75 Å². The highest BCUT2D eigenvalue weighted by Gasteiger charge is 2.32. The van der Waals surface area contributed by atoms with E-state index in [0.29, 0.717) is 30.6 Å². The highest BCUT2D eigenvalue weighted by molar-refractivity contribution is 7.89. The number of rotatable bonds is 4. The maximum atomic E-state index is 12.8. The fourth-order valence-corrected chi connectivity index (χ4v) is 4.29. The monoisotopic (exact) mass is 313 g/mol. The van der Waals surface area contributed by atoms with E-state index in [1.54, 1.807) is 12.1 Å². The molecule has 1 heterocycles. The lowest BCUT2D eigenvalue weighted by atomic mass is 10.1. The number of nitrogens with two attached hydrogens (primary N) is 1. The van der Waals surface area contributed by atoms with Crippen molar-refractivity contribution in [1.82, 2.24) is 9.21 Å². The van der Waals surface area contributed by atoms with E-state index in [-0.39, 0.29) is 4.90 Å². The summed E-state index contributed by atoms with van der Waals surface area (Å²) in [5.41, 5.74) is 6.14. The Bertz CT molecular complexity index is 593. The number of methoxy groups -OCH3 is 1. The number of piperidine rings is 1. The molecular weight excluding hydrogens is 290 g/mol. The summed E-state index contributed by atoms with van der Waals surface area (Å²) in [5.74, 6) is 0.332. The first-order valence-corrected chi connectivity index (χ1v) is 8.40. The third-order valence-corrected chi connectivity index (χ3v) is 5.88. The molecule has 1 aliphatic rings. The number of benzene rings is 1. The molecule has 1 aliphatic heterocycles. The molecule has 1 fully saturated rings. The summed E-state index contributed by atoms with van der Waals surface area (Å²) >= 11 is 0. The van der Waals surface area contributed by atoms with Crippen LogP contribution in [-0.4, -0.2) is 58.0 Å². The smallest absolute Gasteiger partial charge is 0.246 e. The molecule has 0 atom stereocenters. The van der Waals surface area contributed by atoms with Crippen LogP contribution < -0.4 is 10.5 Å². The van der Waals surface area contributed by atoms with E-state index in [4.69, 9.17) is 10.5 Å². The minimum absolute atomic E-state index is 0.147. The van der Waals surface area contributed by atoms with Gasteiger partial charge in [-0.2, -0.15) is 4.31 Å². The predicted molar refractivity (Wildman–Crippen MR) is 82.9 cm³/mol. The van der Waals surface area contributed by atoms with Crippen molar-refractivity contribution in [1.29, 1.82) is 0 Å². The molecule has 0 aromatic heterocycles. The average Bonchev–Trinajstić information content (AvgIpc) is 2.47. The molecule has 0 radical (unpaired) electrons. The molecule has 2 rings (SSSR count). The summed E-state index contributed by atoms with van der Waals surface area (Å²) < 4.78 is 32.2. The summed E-state index contributed by atoms with van der Waals surface area (Å²) in [6.07, 6.45) is 1.66. The summed E-state index contributed by atoms with van der Waals surface area (Å²) in [6, 6.07) is 5.12. The number of sulfonamides is 1. The number of hydrogen-bond acceptors (Lipinski definition) is 5. The first-order chi connectivity index (χ1) is 9.86. The quantitative estimate of drug-likeness (QED) is 0.839. The highest BCUT2D eigenvalue weighted by atomic mass is 32.2. The van der Waals surface area contributed by atoms with Crippen molar-refractivity contribution >= 4 is 15.7 Å². The first-order valence-electron chi connectivity index (χ1n) is 6.96. The third-order valence-electron chi connectivity index (χ3n) is 3.96. The lowest BCUT2D eigenvalue weighted by Gasteiger charge is -2.34. The molecule has 21 heavy (non-hydrogen) atoms. The highest BCUT2D eigenvalue weighted by Crippen LogP contribution is 2.30. The normalized spacial score (nSPS) is 18.1. The molecule has 6 nitrogen and oxygen atoms in total. The van der Waals surface area contributed by atoms with Gasteiger partial charge in [-0.3, -0.25) is 0 Å². The lowest BCUT2D eigenvalue weighted by molar-refractivity contribution is 0.196. The van der Waals surface area contributed by atoms with Gasteiger partial charge in [0.05, 0.1) is 7.11 Å². The van der Waals surface area contributed by atoms with Gasteiger partial charge in [-0.25, -0.2) is 8.42 Å². The number of nitrogen functional groups attached to an aromatic ring is 1. The standard InChI is InChI=1S/C14H23N3O3S/c1-16(2)12-6-8-17(9-7-12)21(18,19)14-10-11(15)4-5-13(14)20-3/h4-5,10,12H,6-9,15H2,1-3H3. The van der Waals surface area contributed by atoms with Crippen LogP contribution in [-0.2, 0) is 10.0 Å². The molecule has 1 saturated heterocycles. The number of hydrogen-bond donors (Lipinski definition) is 1. The molecule has 0 spiro atoms. The summed E-state index contributed by atoms with van der Waals surface area (Å²) in [6.45, 7) is 1.03. The molecule has 1 aromatic carbocycles. The van der Waals surface area contributed by atoms with Gasteiger partial charge in [0.25, 0.3) is 0 Å². The maximum absolute atomic E-state index is 12.8. The van der Waals surface area contributed by atoms with E-state index >= 15 is 0 Å². The van der Waals surface area contributed by atoms with Crippen molar-refractivity contribution < 1.29 is 13.2 Å². The fourth-order valence-electron chi connectivity index (χ4n) is 2.63. The van der Waals surface area contributed by atoms with Crippen LogP contribution in [0.4, 0.5) is 5.69 Å². The van der Waals surface area contributed by atoms with Crippen LogP contribution in [0.15, 0.2) is 23.1 Å². The Morgan fingerprint density at radius 1 is 1.29 bits per heavy atom. The largest absolute Gasteiger partial charge is 0.495 e. The zero-order valence-electron chi connectivity index (χ0n) is 12.7. The summed E-state index contributed by atoms with van der Waals surface area (Å²) in [4.78, 5) is 2.29. The van der Waals surface area contributed by atoms with Crippen molar-refractivity contribution in [2.45, 2.75) is 23.8 Å². The molecule has 1 aromatic rings. The Kier molecular flexibility index (Phi) is 4.75. The van der Waals surface area contributed by atoms with E-state index in [0.717, 1.165) is 12.8 Å². The van der Waals surface area contributed by atoms with Gasteiger partial charge in [0, 0.05) is 24.8 Å². The molecule has 0 unspecified atom stereocenters. The number of nitrogens with zero attached hydrogens (tertiary/aromatic N) is 2. The van der Waals surface area contributed by atoms with Crippen LogP contribution in [0.2, 0.25) is 0 Å². The van der Waals surface area contributed by atoms with Crippen LogP contribution in [0.25, 0.3) is 0 Å². The van der Waals surface area contributed by atoms with Crippen molar-refractivity contribution in [3.63, 3.8) is 0 Å². The van der Waals surface area contributed by atoms with Crippen molar-refractivity contribution in [2.75, 3.05) is 40.0 Å². The Hall–Kier alpha value is -1.31. The van der Waals surface area contributed by atoms with E-state index < -0.39 is 10.0 Å². The number of ether oxygens (including phenoxy) is 1. The van der Waals surface area contributed by atoms with Crippen LogP contribution >= 0.6 is 0 Å². The minimum Gasteiger partial charge on any atom is -0.495 e. The number of anilines is 1. The Balaban J connectivity index is 2.25. The van der Waals surface area contributed by atoms with Gasteiger partial charge >= 0.3 is 0 Å². The minimum atomic E-state index is -3.57. The zero-order valence-corrected chi connectivity index (χ0v) is 13.6. The topological polar surface area (TPSA) is 75.9 Å². The maximum Gasteiger partial charge on any atom is 0.246 e. The summed E-state index contributed by atoms with van der Waals surface area (Å²) in [5, 5.41) is 0. The van der Waals surface area contributed by atoms with Gasteiger partial charge in [-0.1, -0.05) is 0 Å². The fraction of sp³-hybridized carbons (Fsp3) is 0.571. The molecule has 0 aliphatic carbocycles. The molecule has 2 N–H and O–H groups in total. The molecular formula is C14H23N3O3S. The van der Waals surface area contributed by atoms with Crippen LogP contribution in [0.3, 0.4) is 0 Å². The molecule has 7 heteroatoms. The SMILES string of the molecule is COc1ccc(N)cc1S(=O)(=O)N1CCC(N(C)C)CC1. The van der Waals surface area contributed by atoms with Crippen LogP contribution in [0, 0.1) is 0 Å². The van der Waals surface area contributed by atoms with Gasteiger partial charge in [0.2, 0.25) is 10.0 Å². The van der Waals surface area contributed by atoms with E-state index in [1.807, 2.05) is 14.1 Å². The summed E-state index contributed by atoms with van der Waals surface area (Å²) in [7, 11) is 1.94. The predicted octanol–water partition coefficient (Wildman–Crippen LogP) is 0.992. The second-order valence-electron chi connectivity index (χ2n) is 5.51. The second kappa shape index (κ2) is 6.21. The molecule has 0 saturated carbocycles. The van der Waals surface area contributed by atoms with E-state index in [1.165, 1.54) is 17.5 Å². The Morgan fingerprint density at radius 2 is 1.90 bits per heavy atom. The van der Waals surface area contributed by atoms with Crippen LogP contribution in [0.1, 0.15) is 12.8 Å². The molecule has 118 valence electrons. The second-order valence-corrected chi connectivity index (χ2v) is 7.42. The van der Waals surface area contributed by atoms with E-state index in [9.17, 15) is 8.42 Å². The molecule has 0 bridgehead atoms. The van der Waals surface area contributed by atoms with Gasteiger partial charge < -0.3 is 15.4 Å². The van der Waals surface area contributed by atoms with Gasteiger partial charge in [0.15, 0.2) is 0 Å². The molecule has 0 amide bonds. The van der Waals surface area contributed by atoms with Gasteiger partial charge in [-0.15, -0.1) is 0 Å². The van der Waals surface area contributed by atoms with E-state index in [2.05, 4.69) is 4.90 Å². The zero-order chi connectivity index (χ0) is 15.6. The van der Waals surface area contributed by atoms with Crippen molar-refractivity contribution in [2.24, 2.45) is 0 Å². The van der Waals surface area contributed by atoms with Gasteiger partial charge in [0.1, 0.15) is 10.6 Å². The van der Waals surface area contributed by atoms with Crippen molar-refractivity contribution in [3.8, 4) is 5.75 Å². The first kappa shape index (κ1) is 16.1. The van der Waals surface area contributed by atoms with Gasteiger partial charge in [-0.05, 0) is 45.1 Å². The Morgan fingerprint density at radius 3 is 2.43 bits per heavy atom. The third kappa shape index (κ3) is 3.30.